The molecule has 0 heterocycles. The molecule has 2 aromatic carbocycles. The third-order valence-corrected chi connectivity index (χ3v) is 4.51. The third-order valence-electron chi connectivity index (χ3n) is 4.51. The van der Waals surface area contributed by atoms with Crippen molar-refractivity contribution in [2.45, 2.75) is 60.5 Å². The molecule has 0 atom stereocenters. The van der Waals surface area contributed by atoms with Gasteiger partial charge in [0.15, 0.2) is 0 Å². The first-order valence-corrected chi connectivity index (χ1v) is 9.04. The Morgan fingerprint density at radius 2 is 1.64 bits per heavy atom. The van der Waals surface area contributed by atoms with Gasteiger partial charge in [0, 0.05) is 12.0 Å². The number of ether oxygens (including phenoxy) is 2. The van der Waals surface area contributed by atoms with Crippen LogP contribution in [0.1, 0.15) is 55.0 Å². The van der Waals surface area contributed by atoms with Crippen molar-refractivity contribution in [3.8, 4) is 11.5 Å². The molecule has 0 N–H and O–H groups in total. The Labute approximate surface area is 151 Å². The molecule has 0 aliphatic carbocycles. The Morgan fingerprint density at radius 3 is 2.28 bits per heavy atom. The lowest BCUT2D eigenvalue weighted by molar-refractivity contribution is -0.134. The number of esters is 1. The Bertz CT molecular complexity index is 747. The predicted octanol–water partition coefficient (Wildman–Crippen LogP) is 5.32. The van der Waals surface area contributed by atoms with Crippen molar-refractivity contribution in [2.75, 3.05) is 0 Å². The van der Waals surface area contributed by atoms with Gasteiger partial charge in [0.1, 0.15) is 18.1 Å². The van der Waals surface area contributed by atoms with Gasteiger partial charge in [0.2, 0.25) is 0 Å². The highest BCUT2D eigenvalue weighted by Crippen LogP contribution is 2.28. The maximum atomic E-state index is 11.7. The van der Waals surface area contributed by atoms with Gasteiger partial charge in [0.05, 0.1) is 0 Å². The highest BCUT2D eigenvalue weighted by atomic mass is 16.5. The zero-order valence-corrected chi connectivity index (χ0v) is 15.9. The van der Waals surface area contributed by atoms with Crippen LogP contribution in [0.5, 0.6) is 11.5 Å². The molecule has 0 unspecified atom stereocenters. The molecular weight excluding hydrogens is 312 g/mol. The molecule has 0 radical (unpaired) electrons. The van der Waals surface area contributed by atoms with Gasteiger partial charge in [-0.05, 0) is 61.1 Å². The van der Waals surface area contributed by atoms with Crippen molar-refractivity contribution in [1.82, 2.24) is 0 Å². The zero-order chi connectivity index (χ0) is 18.4. The Morgan fingerprint density at radius 1 is 0.920 bits per heavy atom. The second-order valence-corrected chi connectivity index (χ2v) is 6.26. The molecule has 2 aromatic rings. The number of hydrogen-bond acceptors (Lipinski definition) is 3. The lowest BCUT2D eigenvalue weighted by Crippen LogP contribution is -2.10. The number of aryl methyl sites for hydroxylation is 4. The topological polar surface area (TPSA) is 35.5 Å². The number of benzene rings is 2. The minimum Gasteiger partial charge on any atom is -0.488 e. The fraction of sp³-hybridized carbons (Fsp3) is 0.409. The number of rotatable bonds is 7. The summed E-state index contributed by atoms with van der Waals surface area (Å²) >= 11 is 0. The van der Waals surface area contributed by atoms with Gasteiger partial charge in [-0.25, -0.2) is 0 Å². The SMILES string of the molecule is CCC(=O)Oc1cccc(CC)c1COc1cc(C)c(CC)cc1C. The van der Waals surface area contributed by atoms with E-state index in [0.717, 1.165) is 35.3 Å². The monoisotopic (exact) mass is 340 g/mol. The van der Waals surface area contributed by atoms with Crippen LogP contribution in [0.25, 0.3) is 0 Å². The average molecular weight is 340 g/mol. The maximum absolute atomic E-state index is 11.7. The molecular formula is C22H28O3. The molecule has 0 bridgehead atoms. The summed E-state index contributed by atoms with van der Waals surface area (Å²) in [6, 6.07) is 10.1. The first-order valence-electron chi connectivity index (χ1n) is 9.04. The van der Waals surface area contributed by atoms with Crippen LogP contribution >= 0.6 is 0 Å². The molecule has 0 aliphatic rings. The van der Waals surface area contributed by atoms with Crippen LogP contribution in [0.4, 0.5) is 0 Å². The van der Waals surface area contributed by atoms with Crippen molar-refractivity contribution in [3.63, 3.8) is 0 Å². The van der Waals surface area contributed by atoms with Gasteiger partial charge in [-0.15, -0.1) is 0 Å². The van der Waals surface area contributed by atoms with E-state index in [0.29, 0.717) is 18.8 Å². The van der Waals surface area contributed by atoms with Crippen molar-refractivity contribution >= 4 is 5.97 Å². The molecule has 0 amide bonds. The summed E-state index contributed by atoms with van der Waals surface area (Å²) in [4.78, 5) is 11.7. The van der Waals surface area contributed by atoms with E-state index in [9.17, 15) is 4.79 Å². The van der Waals surface area contributed by atoms with E-state index < -0.39 is 0 Å². The zero-order valence-electron chi connectivity index (χ0n) is 15.9. The first kappa shape index (κ1) is 19.0. The van der Waals surface area contributed by atoms with Crippen molar-refractivity contribution in [1.29, 1.82) is 0 Å². The van der Waals surface area contributed by atoms with Crippen molar-refractivity contribution < 1.29 is 14.3 Å². The van der Waals surface area contributed by atoms with Crippen LogP contribution < -0.4 is 9.47 Å². The van der Waals surface area contributed by atoms with Gasteiger partial charge in [-0.1, -0.05) is 39.0 Å². The molecule has 0 saturated carbocycles. The summed E-state index contributed by atoms with van der Waals surface area (Å²) in [7, 11) is 0. The number of carbonyl (C=O) groups is 1. The minimum absolute atomic E-state index is 0.228. The lowest BCUT2D eigenvalue weighted by Gasteiger charge is -2.17. The Balaban J connectivity index is 2.28. The predicted molar refractivity (Wildman–Crippen MR) is 101 cm³/mol. The summed E-state index contributed by atoms with van der Waals surface area (Å²) in [5.74, 6) is 1.26. The second kappa shape index (κ2) is 8.70. The quantitative estimate of drug-likeness (QED) is 0.505. The van der Waals surface area contributed by atoms with Crippen LogP contribution in [0, 0.1) is 13.8 Å². The van der Waals surface area contributed by atoms with E-state index in [-0.39, 0.29) is 5.97 Å². The summed E-state index contributed by atoms with van der Waals surface area (Å²) in [5, 5.41) is 0. The molecule has 0 aliphatic heterocycles. The molecule has 3 heteroatoms. The first-order chi connectivity index (χ1) is 12.0. The van der Waals surface area contributed by atoms with Gasteiger partial charge in [-0.2, -0.15) is 0 Å². The van der Waals surface area contributed by atoms with Crippen LogP contribution in [0.2, 0.25) is 0 Å². The van der Waals surface area contributed by atoms with Crippen LogP contribution in [0.3, 0.4) is 0 Å². The fourth-order valence-electron chi connectivity index (χ4n) is 2.93. The largest absolute Gasteiger partial charge is 0.488 e. The molecule has 3 nitrogen and oxygen atoms in total. The average Bonchev–Trinajstić information content (AvgIpc) is 2.62. The molecule has 0 fully saturated rings. The van der Waals surface area contributed by atoms with E-state index in [4.69, 9.17) is 9.47 Å². The van der Waals surface area contributed by atoms with Gasteiger partial charge >= 0.3 is 5.97 Å². The van der Waals surface area contributed by atoms with E-state index >= 15 is 0 Å². The van der Waals surface area contributed by atoms with Crippen LogP contribution in [-0.4, -0.2) is 5.97 Å². The highest BCUT2D eigenvalue weighted by Gasteiger charge is 2.13. The minimum atomic E-state index is -0.228. The Hall–Kier alpha value is -2.29. The van der Waals surface area contributed by atoms with E-state index in [1.807, 2.05) is 12.1 Å². The molecule has 2 rings (SSSR count). The smallest absolute Gasteiger partial charge is 0.310 e. The summed E-state index contributed by atoms with van der Waals surface area (Å²) < 4.78 is 11.6. The number of carbonyl (C=O) groups excluding carboxylic acids is 1. The normalized spacial score (nSPS) is 10.6. The van der Waals surface area contributed by atoms with Gasteiger partial charge in [-0.3, -0.25) is 4.79 Å². The van der Waals surface area contributed by atoms with E-state index in [2.05, 4.69) is 45.9 Å². The molecule has 0 aromatic heterocycles. The second-order valence-electron chi connectivity index (χ2n) is 6.26. The van der Waals surface area contributed by atoms with Gasteiger partial charge < -0.3 is 9.47 Å². The van der Waals surface area contributed by atoms with Crippen LogP contribution in [-0.2, 0) is 24.2 Å². The van der Waals surface area contributed by atoms with E-state index in [1.54, 1.807) is 6.92 Å². The van der Waals surface area contributed by atoms with E-state index in [1.165, 1.54) is 11.1 Å². The summed E-state index contributed by atoms with van der Waals surface area (Å²) in [5.41, 5.74) is 5.80. The summed E-state index contributed by atoms with van der Waals surface area (Å²) in [6.45, 7) is 10.6. The van der Waals surface area contributed by atoms with Crippen molar-refractivity contribution in [2.24, 2.45) is 0 Å². The lowest BCUT2D eigenvalue weighted by atomic mass is 10.0. The van der Waals surface area contributed by atoms with Crippen molar-refractivity contribution in [3.05, 3.63) is 58.1 Å². The molecule has 0 spiro atoms. The summed E-state index contributed by atoms with van der Waals surface area (Å²) in [6.07, 6.45) is 2.24. The highest BCUT2D eigenvalue weighted by molar-refractivity contribution is 5.72. The van der Waals surface area contributed by atoms with Gasteiger partial charge in [0.25, 0.3) is 0 Å². The fourth-order valence-corrected chi connectivity index (χ4v) is 2.93. The standard InChI is InChI=1S/C22H28O3/c1-6-17-10-9-11-20(25-22(23)8-3)19(17)14-24-21-13-15(4)18(7-2)12-16(21)5/h9-13H,6-8,14H2,1-5H3. The molecule has 25 heavy (non-hydrogen) atoms. The number of hydrogen-bond donors (Lipinski definition) is 0. The van der Waals surface area contributed by atoms with Crippen LogP contribution in [0.15, 0.2) is 30.3 Å². The maximum Gasteiger partial charge on any atom is 0.310 e. The third kappa shape index (κ3) is 4.62. The molecule has 134 valence electrons. The Kier molecular flexibility index (Phi) is 6.63. The molecule has 0 saturated heterocycles.